The Kier molecular flexibility index (Phi) is 5.63. The third-order valence-corrected chi connectivity index (χ3v) is 1.16. The van der Waals surface area contributed by atoms with Crippen LogP contribution in [0.15, 0.2) is 24.9 Å². The van der Waals surface area contributed by atoms with Crippen molar-refractivity contribution in [2.24, 2.45) is 0 Å². The molecule has 0 rings (SSSR count). The summed E-state index contributed by atoms with van der Waals surface area (Å²) in [6, 6.07) is 0. The average Bonchev–Trinajstić information content (AvgIpc) is 1.98. The first-order valence-corrected chi connectivity index (χ1v) is 3.46. The van der Waals surface area contributed by atoms with Crippen LogP contribution in [0.3, 0.4) is 0 Å². The highest BCUT2D eigenvalue weighted by atomic mass is 16.5. The minimum absolute atomic E-state index is 0.580. The quantitative estimate of drug-likeness (QED) is 0.598. The molecule has 0 saturated carbocycles. The summed E-state index contributed by atoms with van der Waals surface area (Å²) in [7, 11) is 0. The molecule has 1 N–H and O–H groups in total. The number of rotatable bonds is 5. The van der Waals surface area contributed by atoms with Crippen LogP contribution < -0.4 is 0 Å². The second-order valence-electron chi connectivity index (χ2n) is 1.98. The minimum atomic E-state index is 0.580. The highest BCUT2D eigenvalue weighted by Gasteiger charge is 1.93. The number of allylic oxidation sites excluding steroid dienone is 1. The maximum absolute atomic E-state index is 8.55. The molecular weight excluding hydrogens is 128 g/mol. The Balaban J connectivity index is 3.51. The molecule has 0 radical (unpaired) electrons. The van der Waals surface area contributed by atoms with Gasteiger partial charge in [-0.3, -0.25) is 0 Å². The normalized spacial score (nSPS) is 11.1. The van der Waals surface area contributed by atoms with E-state index in [9.17, 15) is 0 Å². The first kappa shape index (κ1) is 9.08. The van der Waals surface area contributed by atoms with E-state index in [-0.39, 0.29) is 0 Å². The first-order valence-electron chi connectivity index (χ1n) is 3.46. The van der Waals surface area contributed by atoms with E-state index in [4.69, 9.17) is 9.84 Å². The monoisotopic (exact) mass is 142 g/mol. The first-order chi connectivity index (χ1) is 4.85. The molecule has 0 aliphatic carbocycles. The average molecular weight is 142 g/mol. The largest absolute Gasteiger partial charge is 0.512 e. The summed E-state index contributed by atoms with van der Waals surface area (Å²) in [5, 5.41) is 8.55. The molecule has 0 aliphatic heterocycles. The predicted octanol–water partition coefficient (Wildman–Crippen LogP) is 2.74. The van der Waals surface area contributed by atoms with E-state index in [2.05, 4.69) is 13.5 Å². The Labute approximate surface area is 61.8 Å². The van der Waals surface area contributed by atoms with Crippen LogP contribution in [0.5, 0.6) is 0 Å². The lowest BCUT2D eigenvalue weighted by molar-refractivity contribution is 0.302. The zero-order valence-corrected chi connectivity index (χ0v) is 6.34. The number of hydrogen-bond donors (Lipinski definition) is 1. The fourth-order valence-corrected chi connectivity index (χ4v) is 0.612. The molecule has 2 nitrogen and oxygen atoms in total. The van der Waals surface area contributed by atoms with Crippen LogP contribution in [-0.4, -0.2) is 5.11 Å². The van der Waals surface area contributed by atoms with Crippen molar-refractivity contribution in [1.29, 1.82) is 0 Å². The fourth-order valence-electron chi connectivity index (χ4n) is 0.612. The zero-order valence-electron chi connectivity index (χ0n) is 6.34. The van der Waals surface area contributed by atoms with E-state index in [0.29, 0.717) is 5.76 Å². The maximum atomic E-state index is 8.55. The van der Waals surface area contributed by atoms with Gasteiger partial charge in [0.1, 0.15) is 12.0 Å². The molecule has 0 aromatic heterocycles. The molecule has 10 heavy (non-hydrogen) atoms. The van der Waals surface area contributed by atoms with Crippen LogP contribution in [0.25, 0.3) is 0 Å². The van der Waals surface area contributed by atoms with Gasteiger partial charge in [-0.15, -0.1) is 0 Å². The summed E-state index contributed by atoms with van der Waals surface area (Å²) in [6.07, 6.45) is 5.20. The smallest absolute Gasteiger partial charge is 0.137 e. The van der Waals surface area contributed by atoms with Gasteiger partial charge in [-0.05, 0) is 6.42 Å². The predicted molar refractivity (Wildman–Crippen MR) is 41.5 cm³/mol. The molecule has 0 heterocycles. The Bertz CT molecular complexity index is 116. The standard InChI is InChI=1S/C8H14O2/c1-3-5-6-8(7-9)10-4-2/h4,7,9H,2-3,5-6H2,1H3/b8-7+. The van der Waals surface area contributed by atoms with Crippen molar-refractivity contribution in [2.75, 3.05) is 0 Å². The number of aliphatic hydroxyl groups excluding tert-OH is 1. The lowest BCUT2D eigenvalue weighted by Gasteiger charge is -2.01. The lowest BCUT2D eigenvalue weighted by Crippen LogP contribution is -1.85. The van der Waals surface area contributed by atoms with Crippen LogP contribution >= 0.6 is 0 Å². The van der Waals surface area contributed by atoms with Crippen molar-refractivity contribution in [2.45, 2.75) is 26.2 Å². The van der Waals surface area contributed by atoms with Gasteiger partial charge in [0.2, 0.25) is 0 Å². The second-order valence-corrected chi connectivity index (χ2v) is 1.98. The summed E-state index contributed by atoms with van der Waals surface area (Å²) >= 11 is 0. The molecule has 0 atom stereocenters. The highest BCUT2D eigenvalue weighted by molar-refractivity contribution is 4.87. The highest BCUT2D eigenvalue weighted by Crippen LogP contribution is 2.07. The molecule has 0 aliphatic rings. The third kappa shape index (κ3) is 4.01. The number of unbranched alkanes of at least 4 members (excludes halogenated alkanes) is 1. The molecule has 2 heteroatoms. The molecule has 0 bridgehead atoms. The Morgan fingerprint density at radius 1 is 1.70 bits per heavy atom. The van der Waals surface area contributed by atoms with E-state index in [1.807, 2.05) is 0 Å². The molecule has 0 fully saturated rings. The minimum Gasteiger partial charge on any atom is -0.512 e. The van der Waals surface area contributed by atoms with E-state index in [0.717, 1.165) is 25.5 Å². The number of aliphatic hydroxyl groups is 1. The van der Waals surface area contributed by atoms with Crippen LogP contribution in [0.2, 0.25) is 0 Å². The topological polar surface area (TPSA) is 29.5 Å². The summed E-state index contributed by atoms with van der Waals surface area (Å²) in [4.78, 5) is 0. The van der Waals surface area contributed by atoms with Gasteiger partial charge in [0, 0.05) is 6.42 Å². The molecule has 0 unspecified atom stereocenters. The van der Waals surface area contributed by atoms with E-state index >= 15 is 0 Å². The Morgan fingerprint density at radius 3 is 2.80 bits per heavy atom. The molecule has 58 valence electrons. The van der Waals surface area contributed by atoms with Gasteiger partial charge < -0.3 is 9.84 Å². The van der Waals surface area contributed by atoms with E-state index in [1.54, 1.807) is 0 Å². The van der Waals surface area contributed by atoms with E-state index < -0.39 is 0 Å². The third-order valence-electron chi connectivity index (χ3n) is 1.16. The lowest BCUT2D eigenvalue weighted by atomic mass is 10.2. The van der Waals surface area contributed by atoms with Gasteiger partial charge in [0.25, 0.3) is 0 Å². The Morgan fingerprint density at radius 2 is 2.40 bits per heavy atom. The van der Waals surface area contributed by atoms with Crippen molar-refractivity contribution in [1.82, 2.24) is 0 Å². The fraction of sp³-hybridized carbons (Fsp3) is 0.500. The maximum Gasteiger partial charge on any atom is 0.137 e. The van der Waals surface area contributed by atoms with Crippen molar-refractivity contribution >= 4 is 0 Å². The van der Waals surface area contributed by atoms with Gasteiger partial charge >= 0.3 is 0 Å². The molecule has 0 aromatic carbocycles. The summed E-state index contributed by atoms with van der Waals surface area (Å²) < 4.78 is 4.87. The van der Waals surface area contributed by atoms with Gasteiger partial charge in [0.15, 0.2) is 0 Å². The number of ether oxygens (including phenoxy) is 1. The van der Waals surface area contributed by atoms with Gasteiger partial charge in [0.05, 0.1) is 6.26 Å². The van der Waals surface area contributed by atoms with Crippen LogP contribution in [0.1, 0.15) is 26.2 Å². The van der Waals surface area contributed by atoms with E-state index in [1.165, 1.54) is 6.26 Å². The SMILES string of the molecule is C=CO/C(=C/O)CCCC. The van der Waals surface area contributed by atoms with Crippen molar-refractivity contribution in [3.05, 3.63) is 24.9 Å². The molecule has 0 saturated heterocycles. The van der Waals surface area contributed by atoms with Crippen molar-refractivity contribution < 1.29 is 9.84 Å². The van der Waals surface area contributed by atoms with Crippen LogP contribution in [0, 0.1) is 0 Å². The molecular formula is C8H14O2. The molecule has 0 amide bonds. The molecule has 0 aromatic rings. The summed E-state index contributed by atoms with van der Waals surface area (Å²) in [5.41, 5.74) is 0. The molecule has 0 spiro atoms. The van der Waals surface area contributed by atoms with Crippen molar-refractivity contribution in [3.8, 4) is 0 Å². The van der Waals surface area contributed by atoms with Gasteiger partial charge in [-0.25, -0.2) is 0 Å². The zero-order chi connectivity index (χ0) is 7.82. The van der Waals surface area contributed by atoms with Crippen LogP contribution in [-0.2, 0) is 4.74 Å². The summed E-state index contributed by atoms with van der Waals surface area (Å²) in [6.45, 7) is 5.47. The van der Waals surface area contributed by atoms with Gasteiger partial charge in [-0.1, -0.05) is 19.9 Å². The van der Waals surface area contributed by atoms with Crippen LogP contribution in [0.4, 0.5) is 0 Å². The summed E-state index contributed by atoms with van der Waals surface area (Å²) in [5.74, 6) is 0.580. The Hall–Kier alpha value is -0.920. The van der Waals surface area contributed by atoms with Gasteiger partial charge in [-0.2, -0.15) is 0 Å². The van der Waals surface area contributed by atoms with Crippen molar-refractivity contribution in [3.63, 3.8) is 0 Å². The number of hydrogen-bond acceptors (Lipinski definition) is 2. The second kappa shape index (κ2) is 6.20.